The van der Waals surface area contributed by atoms with Crippen molar-refractivity contribution in [2.24, 2.45) is 11.3 Å². The van der Waals surface area contributed by atoms with Crippen molar-refractivity contribution in [2.45, 2.75) is 78.2 Å². The number of benzene rings is 1. The van der Waals surface area contributed by atoms with Crippen molar-refractivity contribution in [1.29, 1.82) is 10.5 Å². The van der Waals surface area contributed by atoms with Crippen LogP contribution in [0.2, 0.25) is 0 Å². The third-order valence-corrected chi connectivity index (χ3v) is 10.2. The fourth-order valence-electron chi connectivity index (χ4n) is 5.49. The van der Waals surface area contributed by atoms with E-state index in [0.29, 0.717) is 44.3 Å². The number of thiophene rings is 1. The van der Waals surface area contributed by atoms with Gasteiger partial charge in [-0.25, -0.2) is 9.78 Å². The van der Waals surface area contributed by atoms with E-state index in [-0.39, 0.29) is 41.3 Å². The Morgan fingerprint density at radius 1 is 1.18 bits per heavy atom. The highest BCUT2D eigenvalue weighted by Gasteiger charge is 2.34. The van der Waals surface area contributed by atoms with Crippen molar-refractivity contribution in [3.63, 3.8) is 0 Å². The van der Waals surface area contributed by atoms with Crippen molar-refractivity contribution < 1.29 is 14.3 Å². The van der Waals surface area contributed by atoms with Gasteiger partial charge in [0.25, 0.3) is 0 Å². The average molecular weight is 630 g/mol. The number of nitrogens with one attached hydrogen (secondary N) is 1. The van der Waals surface area contributed by atoms with E-state index in [0.717, 1.165) is 35.3 Å². The molecule has 2 heterocycles. The summed E-state index contributed by atoms with van der Waals surface area (Å²) in [6.45, 7) is 12.9. The summed E-state index contributed by atoms with van der Waals surface area (Å²) in [5.41, 5.74) is 10.5. The maximum absolute atomic E-state index is 13.1. The van der Waals surface area contributed by atoms with Crippen LogP contribution >= 0.6 is 23.1 Å². The molecule has 1 unspecified atom stereocenters. The van der Waals surface area contributed by atoms with Crippen LogP contribution in [-0.2, 0) is 22.4 Å². The number of hydrogen-bond acceptors (Lipinski definition) is 9. The van der Waals surface area contributed by atoms with Gasteiger partial charge in [0.15, 0.2) is 0 Å². The van der Waals surface area contributed by atoms with Crippen LogP contribution in [0.4, 0.5) is 10.8 Å². The lowest BCUT2D eigenvalue weighted by atomic mass is 9.72. The van der Waals surface area contributed by atoms with Crippen molar-refractivity contribution in [1.82, 2.24) is 4.98 Å². The number of fused-ring (bicyclic) bond motifs is 1. The Morgan fingerprint density at radius 3 is 2.45 bits per heavy atom. The fraction of sp³-hybridized carbons (Fsp3) is 0.441. The van der Waals surface area contributed by atoms with E-state index in [1.165, 1.54) is 23.1 Å². The fourth-order valence-corrected chi connectivity index (χ4v) is 7.76. The summed E-state index contributed by atoms with van der Waals surface area (Å²) < 4.78 is 5.37. The van der Waals surface area contributed by atoms with Crippen LogP contribution in [0, 0.1) is 34.0 Å². The van der Waals surface area contributed by atoms with E-state index in [1.807, 2.05) is 24.3 Å². The molecule has 8 nitrogen and oxygen atoms in total. The zero-order valence-corrected chi connectivity index (χ0v) is 27.8. The molecule has 1 aliphatic rings. The maximum atomic E-state index is 13.1. The standard InChI is InChI=1S/C34H39N5O3S2/c1-7-42-33(41)29-23-13-12-22(34(4,5)6)16-26(23)44-32(29)38-27(40)14-15-43-31-25(18-36)28(24(17-35)30(37)39-31)21-10-8-20(9-11-21)19(2)3/h8-11,19,22H,7,12-16H2,1-6H3,(H2,37,39)(H,38,40). The molecule has 0 bridgehead atoms. The number of amides is 1. The van der Waals surface area contributed by atoms with Crippen molar-refractivity contribution in [2.75, 3.05) is 23.4 Å². The van der Waals surface area contributed by atoms with E-state index in [9.17, 15) is 20.1 Å². The molecule has 10 heteroatoms. The lowest BCUT2D eigenvalue weighted by Crippen LogP contribution is -2.26. The molecule has 0 radical (unpaired) electrons. The summed E-state index contributed by atoms with van der Waals surface area (Å²) in [6, 6.07) is 12.1. The van der Waals surface area contributed by atoms with Gasteiger partial charge >= 0.3 is 5.97 Å². The number of nitrogens with two attached hydrogens (primary N) is 1. The molecular formula is C34H39N5O3S2. The first kappa shape index (κ1) is 33.0. The van der Waals surface area contributed by atoms with Crippen LogP contribution in [-0.4, -0.2) is 29.2 Å². The number of esters is 1. The number of aromatic nitrogens is 1. The number of anilines is 2. The van der Waals surface area contributed by atoms with E-state index >= 15 is 0 Å². The zero-order chi connectivity index (χ0) is 32.2. The number of ether oxygens (including phenoxy) is 1. The minimum absolute atomic E-state index is 0.0400. The van der Waals surface area contributed by atoms with Crippen molar-refractivity contribution in [3.05, 3.63) is 57.0 Å². The number of carbonyl (C=O) groups is 2. The second-order valence-electron chi connectivity index (χ2n) is 12.3. The van der Waals surface area contributed by atoms with Gasteiger partial charge in [-0.2, -0.15) is 10.5 Å². The minimum Gasteiger partial charge on any atom is -0.462 e. The topological polar surface area (TPSA) is 142 Å². The van der Waals surface area contributed by atoms with Gasteiger partial charge < -0.3 is 15.8 Å². The second-order valence-corrected chi connectivity index (χ2v) is 14.5. The molecule has 44 heavy (non-hydrogen) atoms. The number of nitriles is 2. The molecule has 1 amide bonds. The molecule has 0 fully saturated rings. The summed E-state index contributed by atoms with van der Waals surface area (Å²) in [5, 5.41) is 23.8. The lowest BCUT2D eigenvalue weighted by molar-refractivity contribution is -0.115. The second kappa shape index (κ2) is 13.8. The Labute approximate surface area is 268 Å². The van der Waals surface area contributed by atoms with Gasteiger partial charge in [-0.05, 0) is 60.1 Å². The molecule has 3 aromatic rings. The van der Waals surface area contributed by atoms with Crippen LogP contribution in [0.25, 0.3) is 11.1 Å². The Bertz CT molecular complexity index is 1640. The summed E-state index contributed by atoms with van der Waals surface area (Å²) >= 11 is 2.70. The number of pyridine rings is 1. The summed E-state index contributed by atoms with van der Waals surface area (Å²) in [7, 11) is 0. The third kappa shape index (κ3) is 7.09. The monoisotopic (exact) mass is 629 g/mol. The third-order valence-electron chi connectivity index (χ3n) is 8.07. The maximum Gasteiger partial charge on any atom is 0.341 e. The minimum atomic E-state index is -0.409. The van der Waals surface area contributed by atoms with Gasteiger partial charge in [-0.15, -0.1) is 23.1 Å². The van der Waals surface area contributed by atoms with E-state index in [4.69, 9.17) is 10.5 Å². The Balaban J connectivity index is 1.54. The number of thioether (sulfide) groups is 1. The number of rotatable bonds is 9. The average Bonchev–Trinajstić information content (AvgIpc) is 3.33. The van der Waals surface area contributed by atoms with E-state index < -0.39 is 5.97 Å². The van der Waals surface area contributed by atoms with Gasteiger partial charge in [0, 0.05) is 22.6 Å². The molecule has 0 aliphatic heterocycles. The molecule has 1 aliphatic carbocycles. The molecule has 0 saturated carbocycles. The van der Waals surface area contributed by atoms with Crippen LogP contribution in [0.1, 0.15) is 97.8 Å². The predicted octanol–water partition coefficient (Wildman–Crippen LogP) is 7.71. The van der Waals surface area contributed by atoms with Gasteiger partial charge in [0.05, 0.1) is 17.7 Å². The van der Waals surface area contributed by atoms with Crippen molar-refractivity contribution >= 4 is 45.8 Å². The zero-order valence-electron chi connectivity index (χ0n) is 26.2. The Hall–Kier alpha value is -3.86. The van der Waals surface area contributed by atoms with Crippen LogP contribution in [0.15, 0.2) is 29.3 Å². The molecule has 1 aromatic carbocycles. The SMILES string of the molecule is CCOC(=O)c1c(NC(=O)CCSc2nc(N)c(C#N)c(-c3ccc(C(C)C)cc3)c2C#N)sc2c1CCC(C(C)(C)C)C2. The number of hydrogen-bond donors (Lipinski definition) is 2. The first-order valence-electron chi connectivity index (χ1n) is 14.9. The van der Waals surface area contributed by atoms with Gasteiger partial charge in [-0.1, -0.05) is 58.9 Å². The molecule has 0 saturated heterocycles. The van der Waals surface area contributed by atoms with Crippen molar-refractivity contribution in [3.8, 4) is 23.3 Å². The first-order valence-corrected chi connectivity index (χ1v) is 16.7. The molecule has 230 valence electrons. The van der Waals surface area contributed by atoms with E-state index in [2.05, 4.69) is 57.1 Å². The number of nitrogen functional groups attached to an aromatic ring is 1. The Kier molecular flexibility index (Phi) is 10.4. The van der Waals surface area contributed by atoms with Crippen LogP contribution in [0.5, 0.6) is 0 Å². The lowest BCUT2D eigenvalue weighted by Gasteiger charge is -2.33. The largest absolute Gasteiger partial charge is 0.462 e. The summed E-state index contributed by atoms with van der Waals surface area (Å²) in [4.78, 5) is 31.6. The molecular weight excluding hydrogens is 591 g/mol. The highest BCUT2D eigenvalue weighted by molar-refractivity contribution is 7.99. The van der Waals surface area contributed by atoms with Gasteiger partial charge in [0.2, 0.25) is 5.91 Å². The highest BCUT2D eigenvalue weighted by Crippen LogP contribution is 2.44. The molecule has 1 atom stereocenters. The van der Waals surface area contributed by atoms with E-state index in [1.54, 1.807) is 6.92 Å². The quantitative estimate of drug-likeness (QED) is 0.181. The molecule has 0 spiro atoms. The van der Waals surface area contributed by atoms with Crippen LogP contribution in [0.3, 0.4) is 0 Å². The summed E-state index contributed by atoms with van der Waals surface area (Å²) in [6.07, 6.45) is 2.74. The van der Waals surface area contributed by atoms with Gasteiger partial charge in [-0.3, -0.25) is 4.79 Å². The molecule has 2 aromatic heterocycles. The summed E-state index contributed by atoms with van der Waals surface area (Å²) in [5.74, 6) is 0.522. The number of carbonyl (C=O) groups excluding carboxylic acids is 2. The van der Waals surface area contributed by atoms with Gasteiger partial charge in [0.1, 0.15) is 33.5 Å². The highest BCUT2D eigenvalue weighted by atomic mass is 32.2. The van der Waals surface area contributed by atoms with Crippen LogP contribution < -0.4 is 11.1 Å². The predicted molar refractivity (Wildman–Crippen MR) is 177 cm³/mol. The number of nitrogens with zero attached hydrogens (tertiary/aromatic N) is 3. The normalized spacial score (nSPS) is 14.4. The molecule has 3 N–H and O–H groups in total. The molecule has 4 rings (SSSR count). The smallest absolute Gasteiger partial charge is 0.341 e. The Morgan fingerprint density at radius 2 is 1.86 bits per heavy atom. The first-order chi connectivity index (χ1) is 20.9.